The first-order valence-corrected chi connectivity index (χ1v) is 6.30. The molecule has 1 N–H and O–H groups in total. The fourth-order valence-electron chi connectivity index (χ4n) is 1.82. The third-order valence-electron chi connectivity index (χ3n) is 2.79. The first-order valence-electron chi connectivity index (χ1n) is 5.55. The van der Waals surface area contributed by atoms with Gasteiger partial charge in [0.15, 0.2) is 5.75 Å². The molecule has 0 amide bonds. The van der Waals surface area contributed by atoms with E-state index in [1.54, 1.807) is 18.2 Å². The molecule has 0 bridgehead atoms. The summed E-state index contributed by atoms with van der Waals surface area (Å²) in [5.41, 5.74) is 0. The Morgan fingerprint density at radius 1 is 1.24 bits per heavy atom. The van der Waals surface area contributed by atoms with Gasteiger partial charge in [0.05, 0.1) is 16.0 Å². The Bertz CT molecular complexity index is 397. The maximum absolute atomic E-state index is 11.9. The summed E-state index contributed by atoms with van der Waals surface area (Å²) in [6.07, 6.45) is 1.59. The molecule has 1 fully saturated rings. The van der Waals surface area contributed by atoms with E-state index in [2.05, 4.69) is 5.32 Å². The first kappa shape index (κ1) is 12.7. The van der Waals surface area contributed by atoms with Crippen LogP contribution in [0.1, 0.15) is 12.8 Å². The van der Waals surface area contributed by atoms with Gasteiger partial charge in [-0.2, -0.15) is 0 Å². The van der Waals surface area contributed by atoms with Gasteiger partial charge in [-0.3, -0.25) is 4.79 Å². The average Bonchev–Trinajstić information content (AvgIpc) is 2.35. The van der Waals surface area contributed by atoms with Crippen molar-refractivity contribution in [1.29, 1.82) is 0 Å². The van der Waals surface area contributed by atoms with Crippen molar-refractivity contribution in [2.24, 2.45) is 5.92 Å². The van der Waals surface area contributed by atoms with Crippen LogP contribution in [0.4, 0.5) is 0 Å². The van der Waals surface area contributed by atoms with E-state index in [1.165, 1.54) is 0 Å². The van der Waals surface area contributed by atoms with Gasteiger partial charge >= 0.3 is 5.97 Å². The number of esters is 1. The zero-order chi connectivity index (χ0) is 12.3. The Labute approximate surface area is 110 Å². The fourth-order valence-corrected chi connectivity index (χ4v) is 2.30. The second-order valence-corrected chi connectivity index (χ2v) is 4.81. The molecular weight excluding hydrogens is 261 g/mol. The van der Waals surface area contributed by atoms with Gasteiger partial charge in [0.1, 0.15) is 0 Å². The molecule has 0 unspecified atom stereocenters. The van der Waals surface area contributed by atoms with E-state index in [0.29, 0.717) is 10.0 Å². The van der Waals surface area contributed by atoms with E-state index in [0.717, 1.165) is 25.9 Å². The molecule has 0 spiro atoms. The summed E-state index contributed by atoms with van der Waals surface area (Å²) in [5, 5.41) is 3.92. The van der Waals surface area contributed by atoms with Gasteiger partial charge < -0.3 is 10.1 Å². The van der Waals surface area contributed by atoms with Gasteiger partial charge in [0, 0.05) is 0 Å². The predicted octanol–water partition coefficient (Wildman–Crippen LogP) is 2.90. The summed E-state index contributed by atoms with van der Waals surface area (Å²) in [7, 11) is 0. The second-order valence-electron chi connectivity index (χ2n) is 4.00. The van der Waals surface area contributed by atoms with Crippen molar-refractivity contribution in [3.05, 3.63) is 28.2 Å². The molecule has 0 saturated carbocycles. The minimum atomic E-state index is -0.249. The van der Waals surface area contributed by atoms with Crippen LogP contribution >= 0.6 is 23.2 Å². The van der Waals surface area contributed by atoms with Crippen molar-refractivity contribution in [1.82, 2.24) is 5.32 Å². The lowest BCUT2D eigenvalue weighted by atomic mass is 9.98. The first-order chi connectivity index (χ1) is 8.18. The third kappa shape index (κ3) is 3.12. The molecule has 5 heteroatoms. The number of hydrogen-bond donors (Lipinski definition) is 1. The van der Waals surface area contributed by atoms with Gasteiger partial charge in [0.25, 0.3) is 0 Å². The number of halogens is 2. The van der Waals surface area contributed by atoms with Crippen LogP contribution in [0.3, 0.4) is 0 Å². The number of para-hydroxylation sites is 1. The number of benzene rings is 1. The van der Waals surface area contributed by atoms with Crippen LogP contribution in [-0.2, 0) is 4.79 Å². The number of ether oxygens (including phenoxy) is 1. The van der Waals surface area contributed by atoms with Gasteiger partial charge in [-0.15, -0.1) is 0 Å². The number of nitrogens with one attached hydrogen (secondary N) is 1. The molecule has 1 saturated heterocycles. The SMILES string of the molecule is O=C(Oc1c(Cl)cccc1Cl)C1CCNCC1. The molecule has 0 atom stereocenters. The fraction of sp³-hybridized carbons (Fsp3) is 0.417. The zero-order valence-corrected chi connectivity index (χ0v) is 10.7. The maximum atomic E-state index is 11.9. The Morgan fingerprint density at radius 3 is 2.41 bits per heavy atom. The zero-order valence-electron chi connectivity index (χ0n) is 9.21. The van der Waals surface area contributed by atoms with Gasteiger partial charge in [0.2, 0.25) is 0 Å². The normalized spacial score (nSPS) is 16.8. The van der Waals surface area contributed by atoms with Gasteiger partial charge in [-0.25, -0.2) is 0 Å². The lowest BCUT2D eigenvalue weighted by molar-refractivity contribution is -0.139. The molecule has 3 nitrogen and oxygen atoms in total. The van der Waals surface area contributed by atoms with Crippen molar-refractivity contribution in [3.8, 4) is 5.75 Å². The van der Waals surface area contributed by atoms with Crippen molar-refractivity contribution in [3.63, 3.8) is 0 Å². The van der Waals surface area contributed by atoms with E-state index >= 15 is 0 Å². The minimum absolute atomic E-state index is 0.0661. The highest BCUT2D eigenvalue weighted by Crippen LogP contribution is 2.33. The number of carbonyl (C=O) groups is 1. The van der Waals surface area contributed by atoms with Crippen molar-refractivity contribution >= 4 is 29.2 Å². The third-order valence-corrected chi connectivity index (χ3v) is 3.39. The monoisotopic (exact) mass is 273 g/mol. The van der Waals surface area contributed by atoms with E-state index in [-0.39, 0.29) is 17.6 Å². The van der Waals surface area contributed by atoms with Crippen LogP contribution in [0.25, 0.3) is 0 Å². The Kier molecular flexibility index (Phi) is 4.26. The number of piperidine rings is 1. The molecule has 1 aliphatic heterocycles. The summed E-state index contributed by atoms with van der Waals surface area (Å²) in [5.74, 6) is -0.0514. The summed E-state index contributed by atoms with van der Waals surface area (Å²) >= 11 is 11.9. The lowest BCUT2D eigenvalue weighted by Crippen LogP contribution is -2.33. The molecule has 2 rings (SSSR count). The summed E-state index contributed by atoms with van der Waals surface area (Å²) in [4.78, 5) is 11.9. The summed E-state index contributed by atoms with van der Waals surface area (Å²) < 4.78 is 5.28. The summed E-state index contributed by atoms with van der Waals surface area (Å²) in [6.45, 7) is 1.69. The molecule has 1 aromatic carbocycles. The topological polar surface area (TPSA) is 38.3 Å². The van der Waals surface area contributed by atoms with Crippen molar-refractivity contribution < 1.29 is 9.53 Å². The largest absolute Gasteiger partial charge is 0.423 e. The van der Waals surface area contributed by atoms with Crippen molar-refractivity contribution in [2.45, 2.75) is 12.8 Å². The minimum Gasteiger partial charge on any atom is -0.423 e. The van der Waals surface area contributed by atoms with Gasteiger partial charge in [-0.1, -0.05) is 29.3 Å². The van der Waals surface area contributed by atoms with Crippen LogP contribution in [0.2, 0.25) is 10.0 Å². The molecule has 17 heavy (non-hydrogen) atoms. The standard InChI is InChI=1S/C12H13Cl2NO2/c13-9-2-1-3-10(14)11(9)17-12(16)8-4-6-15-7-5-8/h1-3,8,15H,4-7H2. The van der Waals surface area contributed by atoms with E-state index in [9.17, 15) is 4.79 Å². The smallest absolute Gasteiger partial charge is 0.314 e. The molecule has 0 aromatic heterocycles. The molecule has 1 aromatic rings. The molecule has 1 heterocycles. The Hall–Kier alpha value is -0.770. The van der Waals surface area contributed by atoms with Crippen LogP contribution < -0.4 is 10.1 Å². The maximum Gasteiger partial charge on any atom is 0.314 e. The second kappa shape index (κ2) is 5.71. The highest BCUT2D eigenvalue weighted by Gasteiger charge is 2.24. The lowest BCUT2D eigenvalue weighted by Gasteiger charge is -2.21. The predicted molar refractivity (Wildman–Crippen MR) is 67.7 cm³/mol. The molecule has 0 radical (unpaired) electrons. The van der Waals surface area contributed by atoms with Crippen LogP contribution in [0.5, 0.6) is 5.75 Å². The van der Waals surface area contributed by atoms with E-state index < -0.39 is 0 Å². The quantitative estimate of drug-likeness (QED) is 0.665. The van der Waals surface area contributed by atoms with Crippen LogP contribution in [0, 0.1) is 5.92 Å². The number of carbonyl (C=O) groups excluding carboxylic acids is 1. The molecule has 92 valence electrons. The van der Waals surface area contributed by atoms with Crippen molar-refractivity contribution in [2.75, 3.05) is 13.1 Å². The average molecular weight is 274 g/mol. The van der Waals surface area contributed by atoms with Crippen LogP contribution in [0.15, 0.2) is 18.2 Å². The summed E-state index contributed by atoms with van der Waals surface area (Å²) in [6, 6.07) is 5.02. The number of hydrogen-bond acceptors (Lipinski definition) is 3. The highest BCUT2D eigenvalue weighted by atomic mass is 35.5. The Morgan fingerprint density at radius 2 is 1.82 bits per heavy atom. The van der Waals surface area contributed by atoms with E-state index in [1.807, 2.05) is 0 Å². The number of rotatable bonds is 2. The van der Waals surface area contributed by atoms with E-state index in [4.69, 9.17) is 27.9 Å². The van der Waals surface area contributed by atoms with Gasteiger partial charge in [-0.05, 0) is 38.1 Å². The molecule has 0 aliphatic carbocycles. The Balaban J connectivity index is 2.07. The van der Waals surface area contributed by atoms with Crippen LogP contribution in [-0.4, -0.2) is 19.1 Å². The highest BCUT2D eigenvalue weighted by molar-refractivity contribution is 6.37. The molecule has 1 aliphatic rings. The molecular formula is C12H13Cl2NO2.